The third kappa shape index (κ3) is 5.22. The predicted molar refractivity (Wildman–Crippen MR) is 220 cm³/mol. The number of nitrogens with zero attached hydrogens (tertiary/aromatic N) is 4. The smallest absolute Gasteiger partial charge is 0.127 e. The molecule has 10 rings (SSSR count). The maximum Gasteiger partial charge on any atom is 0.127 e. The zero-order valence-corrected chi connectivity index (χ0v) is 30.5. The summed E-state index contributed by atoms with van der Waals surface area (Å²) in [5, 5.41) is 2.30. The summed E-state index contributed by atoms with van der Waals surface area (Å²) in [4.78, 5) is 10.3. The monoisotopic (exact) mass is 692 g/mol. The Balaban J connectivity index is 1.20. The van der Waals surface area contributed by atoms with Gasteiger partial charge in [0.1, 0.15) is 5.01 Å². The molecule has 0 N–H and O–H groups in total. The molecule has 0 fully saturated rings. The summed E-state index contributed by atoms with van der Waals surface area (Å²) in [6.07, 6.45) is 4.69. The van der Waals surface area contributed by atoms with Crippen molar-refractivity contribution < 1.29 is 0 Å². The Morgan fingerprint density at radius 1 is 0.635 bits per heavy atom. The van der Waals surface area contributed by atoms with Crippen LogP contribution >= 0.6 is 11.3 Å². The summed E-state index contributed by atoms with van der Waals surface area (Å²) in [5.74, 6) is 0. The SMILES string of the molecule is Cc1ccc(N(c2ccc(C)cc2)c2ccc(-n3c(-c4cc5c6c(c4)CCCN6CCC5)c(-c4nc5ccccc5s4)c4ccccc43)cc2)cc1. The highest BCUT2D eigenvalue weighted by Crippen LogP contribution is 2.48. The van der Waals surface area contributed by atoms with E-state index in [0.29, 0.717) is 0 Å². The van der Waals surface area contributed by atoms with Gasteiger partial charge in [-0.25, -0.2) is 4.98 Å². The number of aryl methyl sites for hydroxylation is 4. The predicted octanol–water partition coefficient (Wildman–Crippen LogP) is 12.4. The average Bonchev–Trinajstić information content (AvgIpc) is 3.76. The zero-order chi connectivity index (χ0) is 34.8. The van der Waals surface area contributed by atoms with E-state index in [4.69, 9.17) is 4.98 Å². The first-order valence-electron chi connectivity index (χ1n) is 18.5. The Hall–Kier alpha value is -5.65. The maximum atomic E-state index is 5.29. The second-order valence-electron chi connectivity index (χ2n) is 14.4. The van der Waals surface area contributed by atoms with Crippen LogP contribution in [0.2, 0.25) is 0 Å². The lowest BCUT2D eigenvalue weighted by Crippen LogP contribution is -2.34. The number of fused-ring (bicyclic) bond motifs is 2. The van der Waals surface area contributed by atoms with Crippen molar-refractivity contribution in [3.05, 3.63) is 156 Å². The number of benzene rings is 6. The van der Waals surface area contributed by atoms with Gasteiger partial charge in [-0.05, 0) is 135 Å². The van der Waals surface area contributed by atoms with Crippen molar-refractivity contribution in [3.63, 3.8) is 0 Å². The van der Waals surface area contributed by atoms with Crippen LogP contribution in [0.5, 0.6) is 0 Å². The molecule has 0 spiro atoms. The first-order chi connectivity index (χ1) is 25.6. The summed E-state index contributed by atoms with van der Waals surface area (Å²) < 4.78 is 3.72. The van der Waals surface area contributed by atoms with E-state index < -0.39 is 0 Å². The first kappa shape index (κ1) is 31.1. The highest BCUT2D eigenvalue weighted by atomic mass is 32.1. The van der Waals surface area contributed by atoms with E-state index in [1.807, 2.05) is 0 Å². The maximum absolute atomic E-state index is 5.29. The fourth-order valence-corrected chi connectivity index (χ4v) is 9.53. The van der Waals surface area contributed by atoms with E-state index in [9.17, 15) is 0 Å². The molecule has 5 heteroatoms. The van der Waals surface area contributed by atoms with E-state index in [1.54, 1.807) is 11.3 Å². The molecule has 6 aromatic carbocycles. The molecule has 4 nitrogen and oxygen atoms in total. The van der Waals surface area contributed by atoms with E-state index in [2.05, 4.69) is 162 Å². The van der Waals surface area contributed by atoms with E-state index >= 15 is 0 Å². The van der Waals surface area contributed by atoms with Gasteiger partial charge in [-0.3, -0.25) is 0 Å². The second-order valence-corrected chi connectivity index (χ2v) is 15.5. The van der Waals surface area contributed by atoms with Gasteiger partial charge < -0.3 is 14.4 Å². The summed E-state index contributed by atoms with van der Waals surface area (Å²) in [6, 6.07) is 49.2. The summed E-state index contributed by atoms with van der Waals surface area (Å²) >= 11 is 1.80. The molecular formula is C47H40N4S. The van der Waals surface area contributed by atoms with Crippen molar-refractivity contribution >= 4 is 55.2 Å². The molecular weight excluding hydrogens is 653 g/mol. The van der Waals surface area contributed by atoms with Crippen LogP contribution in [0.1, 0.15) is 35.1 Å². The van der Waals surface area contributed by atoms with Crippen LogP contribution in [-0.4, -0.2) is 22.6 Å². The van der Waals surface area contributed by atoms with Crippen LogP contribution in [0.25, 0.3) is 48.6 Å². The largest absolute Gasteiger partial charge is 0.371 e. The van der Waals surface area contributed by atoms with Gasteiger partial charge >= 0.3 is 0 Å². The van der Waals surface area contributed by atoms with Crippen molar-refractivity contribution in [2.45, 2.75) is 39.5 Å². The minimum absolute atomic E-state index is 1.05. The summed E-state index contributed by atoms with van der Waals surface area (Å²) in [5.41, 5.74) is 17.5. The molecule has 254 valence electrons. The van der Waals surface area contributed by atoms with Gasteiger partial charge in [-0.15, -0.1) is 11.3 Å². The van der Waals surface area contributed by atoms with Crippen molar-refractivity contribution in [2.24, 2.45) is 0 Å². The molecule has 4 heterocycles. The zero-order valence-electron chi connectivity index (χ0n) is 29.6. The number of para-hydroxylation sites is 2. The third-order valence-corrected chi connectivity index (χ3v) is 12.0. The van der Waals surface area contributed by atoms with Crippen LogP contribution in [-0.2, 0) is 12.8 Å². The lowest BCUT2D eigenvalue weighted by molar-refractivity contribution is 0.634. The molecule has 2 aliphatic heterocycles. The Kier molecular flexibility index (Phi) is 7.50. The van der Waals surface area contributed by atoms with Gasteiger partial charge in [0.15, 0.2) is 0 Å². The van der Waals surface area contributed by atoms with Crippen molar-refractivity contribution in [1.82, 2.24) is 9.55 Å². The number of hydrogen-bond acceptors (Lipinski definition) is 4. The van der Waals surface area contributed by atoms with E-state index in [-0.39, 0.29) is 0 Å². The van der Waals surface area contributed by atoms with Crippen molar-refractivity contribution in [3.8, 4) is 27.5 Å². The molecule has 0 amide bonds. The molecule has 0 radical (unpaired) electrons. The molecule has 2 aromatic heterocycles. The van der Waals surface area contributed by atoms with Crippen LogP contribution in [0, 0.1) is 13.8 Å². The van der Waals surface area contributed by atoms with Gasteiger partial charge in [-0.2, -0.15) is 0 Å². The Morgan fingerprint density at radius 3 is 1.85 bits per heavy atom. The number of rotatable bonds is 6. The van der Waals surface area contributed by atoms with E-state index in [0.717, 1.165) is 46.1 Å². The fraction of sp³-hybridized carbons (Fsp3) is 0.170. The molecule has 0 aliphatic carbocycles. The minimum atomic E-state index is 1.05. The van der Waals surface area contributed by atoms with Crippen LogP contribution in [0.3, 0.4) is 0 Å². The highest BCUT2D eigenvalue weighted by molar-refractivity contribution is 7.21. The molecule has 52 heavy (non-hydrogen) atoms. The number of thiazole rings is 1. The second kappa shape index (κ2) is 12.5. The molecule has 0 atom stereocenters. The van der Waals surface area contributed by atoms with Crippen molar-refractivity contribution in [2.75, 3.05) is 22.9 Å². The van der Waals surface area contributed by atoms with Gasteiger partial charge in [0.05, 0.1) is 21.4 Å². The molecule has 0 unspecified atom stereocenters. The minimum Gasteiger partial charge on any atom is -0.371 e. The molecule has 2 aliphatic rings. The standard InChI is InChI=1S/C47H40N4S/c1-31-15-19-36(20-16-31)50(37-21-17-32(2)18-22-37)38-23-25-39(26-24-38)51-42-13-5-3-11-40(42)44(47-48-41-12-4-6-14-43(41)52-47)46(51)35-29-33-9-7-27-49-28-8-10-34(30-35)45(33)49/h3-6,11-26,29-30H,7-10,27-28H2,1-2H3. The third-order valence-electron chi connectivity index (χ3n) is 10.9. The fourth-order valence-electron chi connectivity index (χ4n) is 8.50. The first-order valence-corrected chi connectivity index (χ1v) is 19.4. The van der Waals surface area contributed by atoms with Crippen LogP contribution in [0.15, 0.2) is 133 Å². The Bertz CT molecular complexity index is 2480. The Labute approximate surface area is 309 Å². The van der Waals surface area contributed by atoms with Gasteiger partial charge in [0.25, 0.3) is 0 Å². The quantitative estimate of drug-likeness (QED) is 0.173. The summed E-state index contributed by atoms with van der Waals surface area (Å²) in [7, 11) is 0. The summed E-state index contributed by atoms with van der Waals surface area (Å²) in [6.45, 7) is 6.63. The van der Waals surface area contributed by atoms with Crippen LogP contribution in [0.4, 0.5) is 22.7 Å². The van der Waals surface area contributed by atoms with E-state index in [1.165, 1.54) is 86.3 Å². The molecule has 0 bridgehead atoms. The number of anilines is 4. The van der Waals surface area contributed by atoms with Crippen molar-refractivity contribution in [1.29, 1.82) is 0 Å². The van der Waals surface area contributed by atoms with Gasteiger partial charge in [-0.1, -0.05) is 65.7 Å². The molecule has 0 saturated heterocycles. The molecule has 0 saturated carbocycles. The highest BCUT2D eigenvalue weighted by Gasteiger charge is 2.28. The Morgan fingerprint density at radius 2 is 1.21 bits per heavy atom. The lowest BCUT2D eigenvalue weighted by atomic mass is 9.89. The lowest BCUT2D eigenvalue weighted by Gasteiger charge is -2.37. The van der Waals surface area contributed by atoms with Gasteiger partial charge in [0.2, 0.25) is 0 Å². The average molecular weight is 693 g/mol. The normalized spacial score (nSPS) is 13.8. The topological polar surface area (TPSA) is 24.3 Å². The molecule has 8 aromatic rings. The van der Waals surface area contributed by atoms with Crippen LogP contribution < -0.4 is 9.80 Å². The van der Waals surface area contributed by atoms with Gasteiger partial charge in [0, 0.05) is 52.5 Å². The number of hydrogen-bond donors (Lipinski definition) is 0. The number of aromatic nitrogens is 2.